The molecule has 1 saturated heterocycles. The molecule has 140 valence electrons. The second-order valence-corrected chi connectivity index (χ2v) is 8.46. The minimum absolute atomic E-state index is 0.135. The van der Waals surface area contributed by atoms with E-state index < -0.39 is 0 Å². The first-order chi connectivity index (χ1) is 12.2. The van der Waals surface area contributed by atoms with E-state index in [-0.39, 0.29) is 11.1 Å². The molecule has 1 aliphatic heterocycles. The SMILES string of the molecule is CSc1nc(N2CCC(C)(N)CC2)c(C)c(=O)n1-c1cccc(Cl)c1Cl. The summed E-state index contributed by atoms with van der Waals surface area (Å²) >= 11 is 13.9. The van der Waals surface area contributed by atoms with Gasteiger partial charge in [0, 0.05) is 18.6 Å². The Labute approximate surface area is 167 Å². The highest BCUT2D eigenvalue weighted by Gasteiger charge is 2.28. The van der Waals surface area contributed by atoms with Crippen LogP contribution < -0.4 is 16.2 Å². The van der Waals surface area contributed by atoms with Crippen molar-refractivity contribution in [3.05, 3.63) is 44.2 Å². The first-order valence-electron chi connectivity index (χ1n) is 8.41. The molecule has 2 aromatic rings. The smallest absolute Gasteiger partial charge is 0.263 e. The summed E-state index contributed by atoms with van der Waals surface area (Å²) < 4.78 is 1.54. The van der Waals surface area contributed by atoms with E-state index in [9.17, 15) is 4.79 Å². The molecule has 1 aromatic heterocycles. The Morgan fingerprint density at radius 3 is 2.54 bits per heavy atom. The van der Waals surface area contributed by atoms with Crippen molar-refractivity contribution < 1.29 is 0 Å². The number of benzene rings is 1. The molecule has 0 amide bonds. The van der Waals surface area contributed by atoms with Crippen LogP contribution in [0.1, 0.15) is 25.3 Å². The molecule has 8 heteroatoms. The first kappa shape index (κ1) is 19.5. The van der Waals surface area contributed by atoms with Gasteiger partial charge in [0.1, 0.15) is 5.82 Å². The van der Waals surface area contributed by atoms with E-state index >= 15 is 0 Å². The predicted molar refractivity (Wildman–Crippen MR) is 110 cm³/mol. The van der Waals surface area contributed by atoms with Crippen LogP contribution in [-0.4, -0.2) is 34.4 Å². The molecule has 0 radical (unpaired) electrons. The van der Waals surface area contributed by atoms with Crippen molar-refractivity contribution in [2.45, 2.75) is 37.4 Å². The lowest BCUT2D eigenvalue weighted by atomic mass is 9.91. The van der Waals surface area contributed by atoms with Crippen LogP contribution in [0.25, 0.3) is 5.69 Å². The first-order valence-corrected chi connectivity index (χ1v) is 10.4. The van der Waals surface area contributed by atoms with Crippen LogP contribution in [-0.2, 0) is 0 Å². The molecule has 1 fully saturated rings. The fourth-order valence-electron chi connectivity index (χ4n) is 3.13. The summed E-state index contributed by atoms with van der Waals surface area (Å²) in [6.07, 6.45) is 3.63. The molecule has 1 aromatic carbocycles. The molecule has 3 rings (SSSR count). The molecule has 0 bridgehead atoms. The number of hydrogen-bond donors (Lipinski definition) is 1. The summed E-state index contributed by atoms with van der Waals surface area (Å²) in [7, 11) is 0. The zero-order valence-corrected chi connectivity index (χ0v) is 17.4. The van der Waals surface area contributed by atoms with Gasteiger partial charge in [-0.25, -0.2) is 4.98 Å². The Bertz CT molecular complexity index is 887. The summed E-state index contributed by atoms with van der Waals surface area (Å²) in [4.78, 5) is 20.1. The minimum atomic E-state index is -0.157. The zero-order chi connectivity index (χ0) is 19.1. The molecular weight excluding hydrogens is 391 g/mol. The molecule has 0 spiro atoms. The summed E-state index contributed by atoms with van der Waals surface area (Å²) in [6.45, 7) is 5.45. The van der Waals surface area contributed by atoms with E-state index in [0.29, 0.717) is 26.5 Å². The highest BCUT2D eigenvalue weighted by Crippen LogP contribution is 2.31. The van der Waals surface area contributed by atoms with Crippen molar-refractivity contribution in [1.82, 2.24) is 9.55 Å². The van der Waals surface area contributed by atoms with Crippen LogP contribution in [0.5, 0.6) is 0 Å². The number of rotatable bonds is 3. The van der Waals surface area contributed by atoms with E-state index in [2.05, 4.69) is 11.8 Å². The number of nitrogens with two attached hydrogens (primary N) is 1. The highest BCUT2D eigenvalue weighted by molar-refractivity contribution is 7.98. The quantitative estimate of drug-likeness (QED) is 0.611. The lowest BCUT2D eigenvalue weighted by Crippen LogP contribution is -2.49. The third-order valence-electron chi connectivity index (χ3n) is 4.81. The summed E-state index contributed by atoms with van der Waals surface area (Å²) in [5, 5.41) is 1.33. The molecule has 0 saturated carbocycles. The van der Waals surface area contributed by atoms with Gasteiger partial charge in [-0.3, -0.25) is 9.36 Å². The van der Waals surface area contributed by atoms with Gasteiger partial charge in [-0.05, 0) is 45.1 Å². The summed E-state index contributed by atoms with van der Waals surface area (Å²) in [5.41, 5.74) is 7.08. The third kappa shape index (κ3) is 3.60. The third-order valence-corrected chi connectivity index (χ3v) is 6.26. The molecule has 1 aliphatic rings. The van der Waals surface area contributed by atoms with Gasteiger partial charge in [-0.2, -0.15) is 0 Å². The van der Waals surface area contributed by atoms with Gasteiger partial charge in [0.2, 0.25) is 0 Å². The average Bonchev–Trinajstić information content (AvgIpc) is 2.60. The molecule has 2 heterocycles. The van der Waals surface area contributed by atoms with Crippen LogP contribution in [0.3, 0.4) is 0 Å². The Morgan fingerprint density at radius 2 is 1.92 bits per heavy atom. The molecule has 5 nitrogen and oxygen atoms in total. The lowest BCUT2D eigenvalue weighted by molar-refractivity contribution is 0.362. The Kier molecular flexibility index (Phi) is 5.58. The maximum absolute atomic E-state index is 13.2. The molecule has 0 atom stereocenters. The van der Waals surface area contributed by atoms with E-state index in [1.54, 1.807) is 25.1 Å². The number of nitrogens with zero attached hydrogens (tertiary/aromatic N) is 3. The number of hydrogen-bond acceptors (Lipinski definition) is 5. The zero-order valence-electron chi connectivity index (χ0n) is 15.1. The molecule has 26 heavy (non-hydrogen) atoms. The van der Waals surface area contributed by atoms with Gasteiger partial charge in [-0.15, -0.1) is 0 Å². The Balaban J connectivity index is 2.11. The lowest BCUT2D eigenvalue weighted by Gasteiger charge is -2.38. The minimum Gasteiger partial charge on any atom is -0.356 e. The van der Waals surface area contributed by atoms with Gasteiger partial charge < -0.3 is 10.6 Å². The maximum Gasteiger partial charge on any atom is 0.263 e. The number of thioether (sulfide) groups is 1. The molecule has 0 aliphatic carbocycles. The van der Waals surface area contributed by atoms with E-state index in [0.717, 1.165) is 31.7 Å². The summed E-state index contributed by atoms with van der Waals surface area (Å²) in [6, 6.07) is 5.25. The number of piperidine rings is 1. The molecule has 2 N–H and O–H groups in total. The number of halogens is 2. The summed E-state index contributed by atoms with van der Waals surface area (Å²) in [5.74, 6) is 0.726. The van der Waals surface area contributed by atoms with Gasteiger partial charge in [0.25, 0.3) is 5.56 Å². The average molecular weight is 413 g/mol. The van der Waals surface area contributed by atoms with Gasteiger partial charge in [-0.1, -0.05) is 41.0 Å². The van der Waals surface area contributed by atoms with Crippen LogP contribution in [0.4, 0.5) is 5.82 Å². The standard InChI is InChI=1S/C18H22Cl2N4OS/c1-11-15(23-9-7-18(2,21)8-10-23)22-17(26-3)24(16(11)25)13-6-4-5-12(19)14(13)20/h4-6H,7-10,21H2,1-3H3. The van der Waals surface area contributed by atoms with E-state index in [1.807, 2.05) is 6.26 Å². The topological polar surface area (TPSA) is 64.2 Å². The highest BCUT2D eigenvalue weighted by atomic mass is 35.5. The van der Waals surface area contributed by atoms with Crippen molar-refractivity contribution in [2.24, 2.45) is 5.73 Å². The van der Waals surface area contributed by atoms with Crippen LogP contribution >= 0.6 is 35.0 Å². The number of anilines is 1. The van der Waals surface area contributed by atoms with Gasteiger partial charge in [0.05, 0.1) is 21.3 Å². The Hall–Kier alpha value is -1.21. The van der Waals surface area contributed by atoms with Crippen molar-refractivity contribution in [2.75, 3.05) is 24.2 Å². The normalized spacial score (nSPS) is 16.8. The fraction of sp³-hybridized carbons (Fsp3) is 0.444. The van der Waals surface area contributed by atoms with Crippen molar-refractivity contribution in [1.29, 1.82) is 0 Å². The van der Waals surface area contributed by atoms with Crippen molar-refractivity contribution in [3.63, 3.8) is 0 Å². The van der Waals surface area contributed by atoms with Gasteiger partial charge >= 0.3 is 0 Å². The van der Waals surface area contributed by atoms with Gasteiger partial charge in [0.15, 0.2) is 5.16 Å². The largest absolute Gasteiger partial charge is 0.356 e. The van der Waals surface area contributed by atoms with E-state index in [1.165, 1.54) is 16.3 Å². The van der Waals surface area contributed by atoms with Crippen LogP contribution in [0.15, 0.2) is 28.2 Å². The predicted octanol–water partition coefficient (Wildman–Crippen LogP) is 3.89. The molecule has 0 unspecified atom stereocenters. The second kappa shape index (κ2) is 7.43. The van der Waals surface area contributed by atoms with Crippen LogP contribution in [0.2, 0.25) is 10.0 Å². The Morgan fingerprint density at radius 1 is 1.27 bits per heavy atom. The van der Waals surface area contributed by atoms with Crippen molar-refractivity contribution in [3.8, 4) is 5.69 Å². The number of aromatic nitrogens is 2. The maximum atomic E-state index is 13.2. The monoisotopic (exact) mass is 412 g/mol. The van der Waals surface area contributed by atoms with E-state index in [4.69, 9.17) is 33.9 Å². The van der Waals surface area contributed by atoms with Crippen LogP contribution in [0, 0.1) is 6.92 Å². The molecular formula is C18H22Cl2N4OS. The second-order valence-electron chi connectivity index (χ2n) is 6.90. The fourth-order valence-corrected chi connectivity index (χ4v) is 4.05. The van der Waals surface area contributed by atoms with Crippen molar-refractivity contribution >= 4 is 40.8 Å².